The Morgan fingerprint density at radius 2 is 1.92 bits per heavy atom. The standard InChI is InChI=1S/C10H9IO/c1-8-2-4-9(5-3-8)6-7-10(11)12/h2-7H,1H3. The number of rotatable bonds is 2. The second kappa shape index (κ2) is 4.40. The van der Waals surface area contributed by atoms with E-state index in [1.807, 2.05) is 37.3 Å². The number of halogens is 1. The van der Waals surface area contributed by atoms with Crippen molar-refractivity contribution in [2.24, 2.45) is 0 Å². The van der Waals surface area contributed by atoms with Crippen LogP contribution in [-0.2, 0) is 4.79 Å². The van der Waals surface area contributed by atoms with Gasteiger partial charge in [0.2, 0.25) is 3.79 Å². The molecule has 0 aromatic heterocycles. The van der Waals surface area contributed by atoms with Crippen LogP contribution in [0.1, 0.15) is 11.1 Å². The molecule has 0 bridgehead atoms. The molecule has 1 aromatic rings. The molecule has 0 aliphatic carbocycles. The fourth-order valence-electron chi connectivity index (χ4n) is 0.839. The molecule has 1 aromatic carbocycles. The van der Waals surface area contributed by atoms with E-state index in [-0.39, 0.29) is 3.79 Å². The molecule has 2 heteroatoms. The summed E-state index contributed by atoms with van der Waals surface area (Å²) < 4.78 is 0.0492. The van der Waals surface area contributed by atoms with Gasteiger partial charge in [-0.1, -0.05) is 35.9 Å². The monoisotopic (exact) mass is 272 g/mol. The van der Waals surface area contributed by atoms with Crippen molar-refractivity contribution in [1.82, 2.24) is 0 Å². The fourth-order valence-corrected chi connectivity index (χ4v) is 1.02. The van der Waals surface area contributed by atoms with Crippen LogP contribution in [0.25, 0.3) is 6.08 Å². The molecule has 0 saturated heterocycles. The van der Waals surface area contributed by atoms with E-state index in [9.17, 15) is 4.79 Å². The van der Waals surface area contributed by atoms with Gasteiger partial charge in [-0.2, -0.15) is 0 Å². The Morgan fingerprint density at radius 3 is 2.42 bits per heavy atom. The second-order valence-electron chi connectivity index (χ2n) is 2.55. The molecule has 0 saturated carbocycles. The highest BCUT2D eigenvalue weighted by Crippen LogP contribution is 2.05. The van der Waals surface area contributed by atoms with Crippen molar-refractivity contribution in [3.05, 3.63) is 41.5 Å². The van der Waals surface area contributed by atoms with Gasteiger partial charge in [0.25, 0.3) is 0 Å². The minimum atomic E-state index is 0.0492. The van der Waals surface area contributed by atoms with Gasteiger partial charge >= 0.3 is 0 Å². The summed E-state index contributed by atoms with van der Waals surface area (Å²) in [6.07, 6.45) is 3.37. The predicted octanol–water partition coefficient (Wildman–Crippen LogP) is 2.97. The van der Waals surface area contributed by atoms with Crippen LogP contribution in [0.15, 0.2) is 30.3 Å². The summed E-state index contributed by atoms with van der Waals surface area (Å²) in [4.78, 5) is 10.6. The summed E-state index contributed by atoms with van der Waals surface area (Å²) in [5.41, 5.74) is 2.29. The lowest BCUT2D eigenvalue weighted by atomic mass is 10.1. The normalized spacial score (nSPS) is 10.5. The van der Waals surface area contributed by atoms with Gasteiger partial charge in [0, 0.05) is 22.6 Å². The SMILES string of the molecule is Cc1ccc(C=CC(=O)I)cc1. The van der Waals surface area contributed by atoms with Crippen molar-refractivity contribution in [3.63, 3.8) is 0 Å². The van der Waals surface area contributed by atoms with E-state index in [0.29, 0.717) is 0 Å². The Balaban J connectivity index is 2.77. The first-order chi connectivity index (χ1) is 5.68. The van der Waals surface area contributed by atoms with Crippen LogP contribution in [0.5, 0.6) is 0 Å². The van der Waals surface area contributed by atoms with Crippen LogP contribution < -0.4 is 0 Å². The van der Waals surface area contributed by atoms with Gasteiger partial charge < -0.3 is 0 Å². The minimum Gasteiger partial charge on any atom is -0.283 e. The first kappa shape index (κ1) is 9.45. The van der Waals surface area contributed by atoms with E-state index in [2.05, 4.69) is 0 Å². The smallest absolute Gasteiger partial charge is 0.215 e. The molecule has 1 nitrogen and oxygen atoms in total. The van der Waals surface area contributed by atoms with Gasteiger partial charge in [0.15, 0.2) is 0 Å². The molecule has 1 rings (SSSR count). The molecule has 0 aliphatic rings. The molecule has 0 heterocycles. The van der Waals surface area contributed by atoms with E-state index in [4.69, 9.17) is 0 Å². The quantitative estimate of drug-likeness (QED) is 0.459. The summed E-state index contributed by atoms with van der Waals surface area (Å²) in [5, 5.41) is 0. The van der Waals surface area contributed by atoms with Crippen molar-refractivity contribution in [2.75, 3.05) is 0 Å². The highest BCUT2D eigenvalue weighted by molar-refractivity contribution is 14.1. The van der Waals surface area contributed by atoms with Crippen LogP contribution in [0.2, 0.25) is 0 Å². The summed E-state index contributed by atoms with van der Waals surface area (Å²) in [6, 6.07) is 8.03. The van der Waals surface area contributed by atoms with Crippen molar-refractivity contribution < 1.29 is 4.79 Å². The molecule has 0 aliphatic heterocycles. The predicted molar refractivity (Wildman–Crippen MR) is 59.2 cm³/mol. The van der Waals surface area contributed by atoms with E-state index in [0.717, 1.165) is 5.56 Å². The second-order valence-corrected chi connectivity index (χ2v) is 3.61. The zero-order valence-electron chi connectivity index (χ0n) is 6.75. The maximum absolute atomic E-state index is 10.6. The number of hydrogen-bond acceptors (Lipinski definition) is 1. The molecule has 62 valence electrons. The molecule has 0 atom stereocenters. The van der Waals surface area contributed by atoms with Crippen molar-refractivity contribution in [3.8, 4) is 0 Å². The maximum atomic E-state index is 10.6. The van der Waals surface area contributed by atoms with E-state index in [1.54, 1.807) is 28.7 Å². The summed E-state index contributed by atoms with van der Waals surface area (Å²) in [6.45, 7) is 2.04. The lowest BCUT2D eigenvalue weighted by Gasteiger charge is -1.92. The Bertz CT molecular complexity index is 298. The van der Waals surface area contributed by atoms with Gasteiger partial charge in [-0.3, -0.25) is 4.79 Å². The Morgan fingerprint density at radius 1 is 1.33 bits per heavy atom. The molecule has 12 heavy (non-hydrogen) atoms. The molecular weight excluding hydrogens is 263 g/mol. The first-order valence-corrected chi connectivity index (χ1v) is 4.70. The maximum Gasteiger partial charge on any atom is 0.215 e. The molecule has 0 unspecified atom stereocenters. The zero-order chi connectivity index (χ0) is 8.97. The van der Waals surface area contributed by atoms with E-state index < -0.39 is 0 Å². The first-order valence-electron chi connectivity index (χ1n) is 3.63. The van der Waals surface area contributed by atoms with Crippen LogP contribution >= 0.6 is 22.6 Å². The average molecular weight is 272 g/mol. The number of carbonyl (C=O) groups excluding carboxylic acids is 1. The van der Waals surface area contributed by atoms with Gasteiger partial charge in [-0.15, -0.1) is 0 Å². The molecule has 0 fully saturated rings. The highest BCUT2D eigenvalue weighted by atomic mass is 127. The van der Waals surface area contributed by atoms with E-state index >= 15 is 0 Å². The van der Waals surface area contributed by atoms with Crippen molar-refractivity contribution >= 4 is 32.5 Å². The summed E-state index contributed by atoms with van der Waals surface area (Å²) in [7, 11) is 0. The van der Waals surface area contributed by atoms with Gasteiger partial charge in [0.05, 0.1) is 0 Å². The number of aryl methyl sites for hydroxylation is 1. The number of benzene rings is 1. The third-order valence-corrected chi connectivity index (χ3v) is 1.84. The third-order valence-electron chi connectivity index (χ3n) is 1.48. The Labute approximate surface area is 85.6 Å². The number of hydrogen-bond donors (Lipinski definition) is 0. The third kappa shape index (κ3) is 3.17. The largest absolute Gasteiger partial charge is 0.283 e. The molecular formula is C10H9IO. The minimum absolute atomic E-state index is 0.0492. The molecule has 0 N–H and O–H groups in total. The van der Waals surface area contributed by atoms with Crippen LogP contribution in [-0.4, -0.2) is 3.79 Å². The summed E-state index contributed by atoms with van der Waals surface area (Å²) in [5.74, 6) is 0. The Kier molecular flexibility index (Phi) is 3.47. The van der Waals surface area contributed by atoms with Crippen molar-refractivity contribution in [1.29, 1.82) is 0 Å². The van der Waals surface area contributed by atoms with Crippen LogP contribution in [0.4, 0.5) is 0 Å². The lowest BCUT2D eigenvalue weighted by molar-refractivity contribution is -0.105. The van der Waals surface area contributed by atoms with Crippen molar-refractivity contribution in [2.45, 2.75) is 6.92 Å². The topological polar surface area (TPSA) is 17.1 Å². The zero-order valence-corrected chi connectivity index (χ0v) is 8.91. The molecule has 0 radical (unpaired) electrons. The van der Waals surface area contributed by atoms with Gasteiger partial charge in [0.1, 0.15) is 0 Å². The number of allylic oxidation sites excluding steroid dienone is 1. The average Bonchev–Trinajstić information content (AvgIpc) is 2.03. The lowest BCUT2D eigenvalue weighted by Crippen LogP contribution is -1.76. The van der Waals surface area contributed by atoms with Crippen LogP contribution in [0, 0.1) is 6.92 Å². The van der Waals surface area contributed by atoms with E-state index in [1.165, 1.54) is 5.56 Å². The molecule has 0 spiro atoms. The highest BCUT2D eigenvalue weighted by Gasteiger charge is 1.87. The molecule has 0 amide bonds. The van der Waals surface area contributed by atoms with Crippen LogP contribution in [0.3, 0.4) is 0 Å². The summed E-state index contributed by atoms with van der Waals surface area (Å²) >= 11 is 1.75. The van der Waals surface area contributed by atoms with Gasteiger partial charge in [-0.05, 0) is 18.6 Å². The van der Waals surface area contributed by atoms with Gasteiger partial charge in [-0.25, -0.2) is 0 Å². The fraction of sp³-hybridized carbons (Fsp3) is 0.100. The Hall–Kier alpha value is -0.640. The number of carbonyl (C=O) groups is 1.